The number of likely N-dealkylation sites (N-methyl/N-ethyl adjacent to an activating group) is 1. The fraction of sp³-hybridized carbons (Fsp3) is 0.571. The molecule has 2 N–H and O–H groups in total. The molecular weight excluding hydrogens is 230 g/mol. The molecule has 102 valence electrons. The first-order valence-electron chi connectivity index (χ1n) is 6.14. The maximum absolute atomic E-state index is 10.1. The van der Waals surface area contributed by atoms with Crippen molar-refractivity contribution in [2.75, 3.05) is 27.8 Å². The fourth-order valence-corrected chi connectivity index (χ4v) is 2.12. The van der Waals surface area contributed by atoms with Gasteiger partial charge in [-0.05, 0) is 25.1 Å². The van der Waals surface area contributed by atoms with Crippen molar-refractivity contribution >= 4 is 0 Å². The van der Waals surface area contributed by atoms with E-state index in [2.05, 4.69) is 19.2 Å². The number of benzene rings is 1. The number of hydrogen-bond donors (Lipinski definition) is 2. The van der Waals surface area contributed by atoms with Crippen molar-refractivity contribution in [3.8, 4) is 11.5 Å². The number of rotatable bonds is 6. The summed E-state index contributed by atoms with van der Waals surface area (Å²) in [7, 11) is 5.07. The van der Waals surface area contributed by atoms with E-state index >= 15 is 0 Å². The Kier molecular flexibility index (Phi) is 5.44. The summed E-state index contributed by atoms with van der Waals surface area (Å²) >= 11 is 0. The molecule has 0 saturated carbocycles. The number of nitrogens with one attached hydrogen (secondary N) is 1. The molecule has 1 unspecified atom stereocenters. The zero-order chi connectivity index (χ0) is 13.7. The summed E-state index contributed by atoms with van der Waals surface area (Å²) in [5.41, 5.74) is 1.78. The van der Waals surface area contributed by atoms with Gasteiger partial charge in [0, 0.05) is 17.7 Å². The van der Waals surface area contributed by atoms with Crippen molar-refractivity contribution in [1.82, 2.24) is 5.32 Å². The third-order valence-electron chi connectivity index (χ3n) is 2.94. The van der Waals surface area contributed by atoms with Crippen LogP contribution in [-0.2, 0) is 0 Å². The monoisotopic (exact) mass is 253 g/mol. The summed E-state index contributed by atoms with van der Waals surface area (Å²) in [6, 6.07) is 3.73. The van der Waals surface area contributed by atoms with Gasteiger partial charge >= 0.3 is 0 Å². The summed E-state index contributed by atoms with van der Waals surface area (Å²) in [5, 5.41) is 13.1. The summed E-state index contributed by atoms with van der Waals surface area (Å²) in [5.74, 6) is 1.77. The Morgan fingerprint density at radius 1 is 1.22 bits per heavy atom. The summed E-state index contributed by atoms with van der Waals surface area (Å²) < 4.78 is 10.8. The van der Waals surface area contributed by atoms with Crippen LogP contribution < -0.4 is 14.8 Å². The van der Waals surface area contributed by atoms with Gasteiger partial charge in [0.2, 0.25) is 0 Å². The van der Waals surface area contributed by atoms with Crippen LogP contribution in [0.5, 0.6) is 11.5 Å². The van der Waals surface area contributed by atoms with Crippen molar-refractivity contribution in [2.24, 2.45) is 0 Å². The lowest BCUT2D eigenvalue weighted by atomic mass is 9.95. The molecule has 1 atom stereocenters. The molecule has 0 saturated heterocycles. The van der Waals surface area contributed by atoms with Gasteiger partial charge in [0.25, 0.3) is 0 Å². The Morgan fingerprint density at radius 3 is 2.33 bits per heavy atom. The molecule has 0 fully saturated rings. The molecule has 0 spiro atoms. The van der Waals surface area contributed by atoms with Gasteiger partial charge in [-0.15, -0.1) is 0 Å². The first-order valence-corrected chi connectivity index (χ1v) is 6.14. The van der Waals surface area contributed by atoms with Gasteiger partial charge in [-0.2, -0.15) is 0 Å². The second-order valence-corrected chi connectivity index (χ2v) is 4.53. The molecule has 4 heteroatoms. The van der Waals surface area contributed by atoms with E-state index in [1.54, 1.807) is 14.2 Å². The highest BCUT2D eigenvalue weighted by Crippen LogP contribution is 2.39. The lowest BCUT2D eigenvalue weighted by Gasteiger charge is -2.21. The standard InChI is InChI=1S/C14H23NO3/c1-9(2)13-12(17-4)7-6-10(14(13)18-5)11(16)8-15-3/h6-7,9,11,15-16H,8H2,1-5H3. The molecule has 0 radical (unpaired) electrons. The van der Waals surface area contributed by atoms with E-state index in [0.717, 1.165) is 16.9 Å². The van der Waals surface area contributed by atoms with E-state index in [1.807, 2.05) is 19.2 Å². The van der Waals surface area contributed by atoms with Crippen LogP contribution in [0.2, 0.25) is 0 Å². The minimum Gasteiger partial charge on any atom is -0.496 e. The predicted molar refractivity (Wildman–Crippen MR) is 72.5 cm³/mol. The minimum atomic E-state index is -0.589. The topological polar surface area (TPSA) is 50.7 Å². The quantitative estimate of drug-likeness (QED) is 0.815. The number of aliphatic hydroxyl groups excluding tert-OH is 1. The van der Waals surface area contributed by atoms with E-state index in [-0.39, 0.29) is 5.92 Å². The van der Waals surface area contributed by atoms with Gasteiger partial charge in [-0.3, -0.25) is 0 Å². The molecule has 0 aliphatic heterocycles. The van der Waals surface area contributed by atoms with E-state index in [1.165, 1.54) is 0 Å². The second kappa shape index (κ2) is 6.61. The molecule has 0 heterocycles. The van der Waals surface area contributed by atoms with Gasteiger partial charge in [0.15, 0.2) is 0 Å². The molecule has 0 aliphatic carbocycles. The zero-order valence-electron chi connectivity index (χ0n) is 11.8. The second-order valence-electron chi connectivity index (χ2n) is 4.53. The number of ether oxygens (including phenoxy) is 2. The highest BCUT2D eigenvalue weighted by Gasteiger charge is 2.21. The van der Waals surface area contributed by atoms with Gasteiger partial charge in [-0.25, -0.2) is 0 Å². The van der Waals surface area contributed by atoms with Crippen LogP contribution in [-0.4, -0.2) is 32.9 Å². The van der Waals surface area contributed by atoms with E-state index < -0.39 is 6.10 Å². The molecule has 4 nitrogen and oxygen atoms in total. The Labute approximate surface area is 109 Å². The SMILES string of the molecule is CNCC(O)c1ccc(OC)c(C(C)C)c1OC. The summed E-state index contributed by atoms with van der Waals surface area (Å²) in [6.07, 6.45) is -0.589. The molecular formula is C14H23NO3. The third kappa shape index (κ3) is 2.94. The molecule has 0 aromatic heterocycles. The zero-order valence-corrected chi connectivity index (χ0v) is 11.8. The van der Waals surface area contributed by atoms with Crippen molar-refractivity contribution in [1.29, 1.82) is 0 Å². The Bertz CT molecular complexity index is 391. The van der Waals surface area contributed by atoms with Crippen LogP contribution in [0.4, 0.5) is 0 Å². The highest BCUT2D eigenvalue weighted by atomic mass is 16.5. The minimum absolute atomic E-state index is 0.261. The van der Waals surface area contributed by atoms with Crippen molar-refractivity contribution < 1.29 is 14.6 Å². The molecule has 1 aromatic rings. The molecule has 1 rings (SSSR count). The average molecular weight is 253 g/mol. The van der Waals surface area contributed by atoms with Crippen LogP contribution in [0.3, 0.4) is 0 Å². The van der Waals surface area contributed by atoms with Crippen molar-refractivity contribution in [3.63, 3.8) is 0 Å². The van der Waals surface area contributed by atoms with Gasteiger partial charge in [0.1, 0.15) is 11.5 Å². The largest absolute Gasteiger partial charge is 0.496 e. The van der Waals surface area contributed by atoms with Crippen molar-refractivity contribution in [2.45, 2.75) is 25.9 Å². The molecule has 1 aromatic carbocycles. The predicted octanol–water partition coefficient (Wildman–Crippen LogP) is 2.08. The normalized spacial score (nSPS) is 12.6. The number of aliphatic hydroxyl groups is 1. The average Bonchev–Trinajstić information content (AvgIpc) is 2.36. The van der Waals surface area contributed by atoms with Gasteiger partial charge in [0.05, 0.1) is 20.3 Å². The highest BCUT2D eigenvalue weighted by molar-refractivity contribution is 5.52. The number of methoxy groups -OCH3 is 2. The van der Waals surface area contributed by atoms with Gasteiger partial charge < -0.3 is 19.9 Å². The van der Waals surface area contributed by atoms with Crippen LogP contribution in [0.1, 0.15) is 37.0 Å². The fourth-order valence-electron chi connectivity index (χ4n) is 2.12. The van der Waals surface area contributed by atoms with Crippen LogP contribution in [0.15, 0.2) is 12.1 Å². The van der Waals surface area contributed by atoms with Crippen molar-refractivity contribution in [3.05, 3.63) is 23.3 Å². The Morgan fingerprint density at radius 2 is 1.89 bits per heavy atom. The number of hydrogen-bond acceptors (Lipinski definition) is 4. The first-order chi connectivity index (χ1) is 8.56. The molecule has 18 heavy (non-hydrogen) atoms. The lowest BCUT2D eigenvalue weighted by Crippen LogP contribution is -2.18. The van der Waals surface area contributed by atoms with E-state index in [4.69, 9.17) is 9.47 Å². The lowest BCUT2D eigenvalue weighted by molar-refractivity contribution is 0.173. The first kappa shape index (κ1) is 14.8. The summed E-state index contributed by atoms with van der Waals surface area (Å²) in [6.45, 7) is 4.64. The van der Waals surface area contributed by atoms with Crippen LogP contribution >= 0.6 is 0 Å². The Balaban J connectivity index is 3.32. The smallest absolute Gasteiger partial charge is 0.131 e. The molecule has 0 amide bonds. The van der Waals surface area contributed by atoms with Crippen LogP contribution in [0.25, 0.3) is 0 Å². The summed E-state index contributed by atoms with van der Waals surface area (Å²) in [4.78, 5) is 0. The van der Waals surface area contributed by atoms with E-state index in [0.29, 0.717) is 12.3 Å². The van der Waals surface area contributed by atoms with E-state index in [9.17, 15) is 5.11 Å². The maximum atomic E-state index is 10.1. The van der Waals surface area contributed by atoms with Crippen LogP contribution in [0, 0.1) is 0 Å². The Hall–Kier alpha value is -1.26. The third-order valence-corrected chi connectivity index (χ3v) is 2.94. The molecule has 0 aliphatic rings. The molecule has 0 bridgehead atoms. The maximum Gasteiger partial charge on any atom is 0.131 e. The van der Waals surface area contributed by atoms with Gasteiger partial charge in [-0.1, -0.05) is 13.8 Å².